The van der Waals surface area contributed by atoms with Gasteiger partial charge in [-0.25, -0.2) is 4.79 Å². The number of esters is 2. The zero-order valence-corrected chi connectivity index (χ0v) is 18.6. The van der Waals surface area contributed by atoms with Crippen LogP contribution in [0.5, 0.6) is 11.5 Å². The first kappa shape index (κ1) is 23.6. The predicted molar refractivity (Wildman–Crippen MR) is 124 cm³/mol. The molecule has 0 heterocycles. The predicted octanol–water partition coefficient (Wildman–Crippen LogP) is 5.41. The number of rotatable bonds is 9. The van der Waals surface area contributed by atoms with Crippen molar-refractivity contribution in [2.24, 2.45) is 5.92 Å². The van der Waals surface area contributed by atoms with Crippen LogP contribution in [0.3, 0.4) is 0 Å². The first-order chi connectivity index (χ1) is 16.0. The highest BCUT2D eigenvalue weighted by atomic mass is 16.6. The number of nitriles is 1. The first-order valence-electron chi connectivity index (χ1n) is 10.7. The molecule has 1 unspecified atom stereocenters. The van der Waals surface area contributed by atoms with Crippen LogP contribution in [0.2, 0.25) is 0 Å². The van der Waals surface area contributed by atoms with Gasteiger partial charge in [-0.3, -0.25) is 4.79 Å². The highest BCUT2D eigenvalue weighted by Crippen LogP contribution is 2.23. The SMILES string of the molecule is CCC(C)C(=O)OCCOc1ccc(C(=O)Oc2ccc(-c3ccc(C#N)cc3)cc2)cc1. The fourth-order valence-electron chi connectivity index (χ4n) is 2.92. The Labute approximate surface area is 193 Å². The summed E-state index contributed by atoms with van der Waals surface area (Å²) in [6.07, 6.45) is 0.735. The van der Waals surface area contributed by atoms with Crippen LogP contribution in [0.1, 0.15) is 36.2 Å². The quantitative estimate of drug-likeness (QED) is 0.250. The van der Waals surface area contributed by atoms with E-state index in [1.807, 2.05) is 38.1 Å². The molecule has 0 N–H and O–H groups in total. The maximum absolute atomic E-state index is 12.4. The molecule has 3 aromatic rings. The topological polar surface area (TPSA) is 85.6 Å². The van der Waals surface area contributed by atoms with Gasteiger partial charge in [-0.15, -0.1) is 0 Å². The van der Waals surface area contributed by atoms with Crippen molar-refractivity contribution in [1.82, 2.24) is 0 Å². The number of ether oxygens (including phenoxy) is 3. The monoisotopic (exact) mass is 443 g/mol. The lowest BCUT2D eigenvalue weighted by atomic mass is 10.0. The van der Waals surface area contributed by atoms with E-state index < -0.39 is 5.97 Å². The Hall–Kier alpha value is -4.11. The lowest BCUT2D eigenvalue weighted by Gasteiger charge is -2.10. The summed E-state index contributed by atoms with van der Waals surface area (Å²) in [5.74, 6) is 0.167. The van der Waals surface area contributed by atoms with Gasteiger partial charge < -0.3 is 14.2 Å². The molecular formula is C27H25NO5. The smallest absolute Gasteiger partial charge is 0.343 e. The van der Waals surface area contributed by atoms with Gasteiger partial charge in [0.1, 0.15) is 24.7 Å². The van der Waals surface area contributed by atoms with Gasteiger partial charge in [-0.1, -0.05) is 38.1 Å². The molecule has 0 amide bonds. The highest BCUT2D eigenvalue weighted by Gasteiger charge is 2.12. The molecule has 0 saturated carbocycles. The largest absolute Gasteiger partial charge is 0.490 e. The number of carbonyl (C=O) groups is 2. The molecular weight excluding hydrogens is 418 g/mol. The second-order valence-corrected chi connectivity index (χ2v) is 7.45. The van der Waals surface area contributed by atoms with Crippen molar-refractivity contribution in [3.05, 3.63) is 83.9 Å². The first-order valence-corrected chi connectivity index (χ1v) is 10.7. The average molecular weight is 443 g/mol. The Kier molecular flexibility index (Phi) is 8.20. The summed E-state index contributed by atoms with van der Waals surface area (Å²) in [5, 5.41) is 8.90. The minimum absolute atomic E-state index is 0.123. The second kappa shape index (κ2) is 11.5. The molecule has 3 aromatic carbocycles. The Balaban J connectivity index is 1.50. The van der Waals surface area contributed by atoms with Crippen LogP contribution in [0.4, 0.5) is 0 Å². The summed E-state index contributed by atoms with van der Waals surface area (Å²) >= 11 is 0. The van der Waals surface area contributed by atoms with Crippen molar-refractivity contribution in [3.63, 3.8) is 0 Å². The van der Waals surface area contributed by atoms with Crippen LogP contribution >= 0.6 is 0 Å². The zero-order chi connectivity index (χ0) is 23.6. The van der Waals surface area contributed by atoms with Crippen molar-refractivity contribution in [1.29, 1.82) is 5.26 Å². The molecule has 0 bridgehead atoms. The minimum Gasteiger partial charge on any atom is -0.490 e. The third-order valence-corrected chi connectivity index (χ3v) is 5.11. The molecule has 168 valence electrons. The summed E-state index contributed by atoms with van der Waals surface area (Å²) < 4.78 is 16.1. The summed E-state index contributed by atoms with van der Waals surface area (Å²) in [7, 11) is 0. The maximum Gasteiger partial charge on any atom is 0.343 e. The average Bonchev–Trinajstić information content (AvgIpc) is 2.86. The van der Waals surface area contributed by atoms with Crippen LogP contribution in [-0.4, -0.2) is 25.2 Å². The molecule has 0 saturated heterocycles. The fourth-order valence-corrected chi connectivity index (χ4v) is 2.92. The number of carbonyl (C=O) groups excluding carboxylic acids is 2. The van der Waals surface area contributed by atoms with Gasteiger partial charge >= 0.3 is 11.9 Å². The van der Waals surface area contributed by atoms with Crippen LogP contribution < -0.4 is 9.47 Å². The van der Waals surface area contributed by atoms with E-state index in [1.165, 1.54) is 0 Å². The number of benzene rings is 3. The molecule has 0 aliphatic rings. The normalized spacial score (nSPS) is 11.2. The van der Waals surface area contributed by atoms with E-state index in [4.69, 9.17) is 19.5 Å². The molecule has 1 atom stereocenters. The van der Waals surface area contributed by atoms with Crippen molar-refractivity contribution in [2.45, 2.75) is 20.3 Å². The molecule has 0 radical (unpaired) electrons. The Morgan fingerprint density at radius 3 is 2.00 bits per heavy atom. The van der Waals surface area contributed by atoms with E-state index in [-0.39, 0.29) is 25.1 Å². The molecule has 6 nitrogen and oxygen atoms in total. The number of hydrogen-bond donors (Lipinski definition) is 0. The van der Waals surface area contributed by atoms with E-state index in [0.717, 1.165) is 17.5 Å². The molecule has 0 aromatic heterocycles. The molecule has 0 fully saturated rings. The number of hydrogen-bond acceptors (Lipinski definition) is 6. The van der Waals surface area contributed by atoms with Crippen molar-refractivity contribution < 1.29 is 23.8 Å². The third-order valence-electron chi connectivity index (χ3n) is 5.11. The van der Waals surface area contributed by atoms with Gasteiger partial charge in [-0.2, -0.15) is 5.26 Å². The summed E-state index contributed by atoms with van der Waals surface area (Å²) in [5.41, 5.74) is 2.92. The van der Waals surface area contributed by atoms with E-state index in [2.05, 4.69) is 6.07 Å². The van der Waals surface area contributed by atoms with E-state index in [1.54, 1.807) is 48.5 Å². The minimum atomic E-state index is -0.477. The van der Waals surface area contributed by atoms with Gasteiger partial charge in [0.15, 0.2) is 0 Å². The lowest BCUT2D eigenvalue weighted by molar-refractivity contribution is -0.148. The van der Waals surface area contributed by atoms with Crippen LogP contribution in [0.25, 0.3) is 11.1 Å². The fraction of sp³-hybridized carbons (Fsp3) is 0.222. The maximum atomic E-state index is 12.4. The third kappa shape index (κ3) is 6.68. The molecule has 0 aliphatic heterocycles. The second-order valence-electron chi connectivity index (χ2n) is 7.45. The van der Waals surface area contributed by atoms with Gasteiger partial charge in [0.05, 0.1) is 23.1 Å². The van der Waals surface area contributed by atoms with Crippen LogP contribution in [0, 0.1) is 17.2 Å². The molecule has 3 rings (SSSR count). The van der Waals surface area contributed by atoms with Crippen molar-refractivity contribution in [2.75, 3.05) is 13.2 Å². The van der Waals surface area contributed by atoms with E-state index in [0.29, 0.717) is 22.6 Å². The van der Waals surface area contributed by atoms with Gasteiger partial charge in [-0.05, 0) is 66.1 Å². The van der Waals surface area contributed by atoms with Crippen LogP contribution in [0.15, 0.2) is 72.8 Å². The van der Waals surface area contributed by atoms with E-state index >= 15 is 0 Å². The van der Waals surface area contributed by atoms with Crippen LogP contribution in [-0.2, 0) is 9.53 Å². The van der Waals surface area contributed by atoms with E-state index in [9.17, 15) is 9.59 Å². The molecule has 33 heavy (non-hydrogen) atoms. The highest BCUT2D eigenvalue weighted by molar-refractivity contribution is 5.91. The summed E-state index contributed by atoms with van der Waals surface area (Å²) in [4.78, 5) is 24.1. The van der Waals surface area contributed by atoms with Gasteiger partial charge in [0.2, 0.25) is 0 Å². The Morgan fingerprint density at radius 1 is 0.848 bits per heavy atom. The number of nitrogens with zero attached hydrogens (tertiary/aromatic N) is 1. The Morgan fingerprint density at radius 2 is 1.42 bits per heavy atom. The molecule has 0 spiro atoms. The Bertz CT molecular complexity index is 1110. The zero-order valence-electron chi connectivity index (χ0n) is 18.6. The molecule has 6 heteroatoms. The van der Waals surface area contributed by atoms with Crippen molar-refractivity contribution in [3.8, 4) is 28.7 Å². The van der Waals surface area contributed by atoms with Crippen molar-refractivity contribution >= 4 is 11.9 Å². The standard InChI is InChI=1S/C27H25NO5/c1-3-19(2)26(29)32-17-16-31-24-12-10-23(11-13-24)27(30)33-25-14-8-22(9-15-25)21-6-4-20(18-28)5-7-21/h4-15,19H,3,16-17H2,1-2H3. The summed E-state index contributed by atoms with van der Waals surface area (Å²) in [6, 6.07) is 23.1. The molecule has 0 aliphatic carbocycles. The summed E-state index contributed by atoms with van der Waals surface area (Å²) in [6.45, 7) is 4.16. The van der Waals surface area contributed by atoms with Gasteiger partial charge in [0, 0.05) is 0 Å². The van der Waals surface area contributed by atoms with Gasteiger partial charge in [0.25, 0.3) is 0 Å². The lowest BCUT2D eigenvalue weighted by Crippen LogP contribution is -2.17.